The van der Waals surface area contributed by atoms with E-state index in [9.17, 15) is 0 Å². The van der Waals surface area contributed by atoms with Crippen LogP contribution >= 0.6 is 0 Å². The van der Waals surface area contributed by atoms with Gasteiger partial charge in [0.05, 0.1) is 11.9 Å². The Kier molecular flexibility index (Phi) is 3.99. The summed E-state index contributed by atoms with van der Waals surface area (Å²) in [6, 6.07) is 4.99. The smallest absolute Gasteiger partial charge is 0.0552 e. The van der Waals surface area contributed by atoms with Crippen LogP contribution in [0.1, 0.15) is 12.8 Å². The molecule has 0 atom stereocenters. The van der Waals surface area contributed by atoms with Gasteiger partial charge in [-0.15, -0.1) is 0 Å². The third-order valence-electron chi connectivity index (χ3n) is 4.53. The average Bonchev–Trinajstić information content (AvgIpc) is 2.49. The molecule has 0 saturated carbocycles. The minimum atomic E-state index is 0.793. The first-order valence-corrected chi connectivity index (χ1v) is 7.40. The van der Waals surface area contributed by atoms with Crippen molar-refractivity contribution in [3.63, 3.8) is 0 Å². The van der Waals surface area contributed by atoms with Crippen molar-refractivity contribution in [3.8, 4) is 0 Å². The van der Waals surface area contributed by atoms with E-state index in [0.29, 0.717) is 0 Å². The molecular weight excluding hydrogens is 236 g/mol. The molecule has 2 fully saturated rings. The zero-order valence-corrected chi connectivity index (χ0v) is 11.8. The van der Waals surface area contributed by atoms with E-state index in [1.165, 1.54) is 57.8 Å². The van der Waals surface area contributed by atoms with Crippen molar-refractivity contribution >= 4 is 5.69 Å². The summed E-state index contributed by atoms with van der Waals surface area (Å²) in [4.78, 5) is 11.8. The molecule has 2 saturated heterocycles. The number of aromatic nitrogens is 1. The van der Waals surface area contributed by atoms with Crippen LogP contribution in [-0.2, 0) is 0 Å². The molecule has 4 heteroatoms. The molecule has 4 nitrogen and oxygen atoms in total. The van der Waals surface area contributed by atoms with Gasteiger partial charge in [0.15, 0.2) is 0 Å². The quantitative estimate of drug-likeness (QED) is 0.799. The van der Waals surface area contributed by atoms with Gasteiger partial charge >= 0.3 is 0 Å². The van der Waals surface area contributed by atoms with Gasteiger partial charge in [-0.2, -0.15) is 0 Å². The highest BCUT2D eigenvalue weighted by Crippen LogP contribution is 2.22. The molecule has 2 aliphatic heterocycles. The predicted molar refractivity (Wildman–Crippen MR) is 78.5 cm³/mol. The largest absolute Gasteiger partial charge is 0.370 e. The topological polar surface area (TPSA) is 22.6 Å². The van der Waals surface area contributed by atoms with Crippen LogP contribution in [0.5, 0.6) is 0 Å². The van der Waals surface area contributed by atoms with Crippen molar-refractivity contribution in [1.82, 2.24) is 14.8 Å². The molecule has 3 heterocycles. The number of pyridine rings is 1. The first-order chi connectivity index (χ1) is 9.33. The fourth-order valence-electron chi connectivity index (χ4n) is 3.22. The van der Waals surface area contributed by atoms with Crippen LogP contribution in [0.4, 0.5) is 5.69 Å². The second-order valence-electron chi connectivity index (χ2n) is 5.77. The lowest BCUT2D eigenvalue weighted by molar-refractivity contribution is 0.0982. The summed E-state index contributed by atoms with van der Waals surface area (Å²) >= 11 is 0. The van der Waals surface area contributed by atoms with Gasteiger partial charge in [0.1, 0.15) is 0 Å². The Morgan fingerprint density at radius 1 is 1.05 bits per heavy atom. The molecule has 0 unspecified atom stereocenters. The van der Waals surface area contributed by atoms with Gasteiger partial charge in [-0.25, -0.2) is 0 Å². The monoisotopic (exact) mass is 260 g/mol. The molecule has 0 N–H and O–H groups in total. The number of hydrogen-bond acceptors (Lipinski definition) is 4. The Morgan fingerprint density at radius 3 is 2.42 bits per heavy atom. The number of likely N-dealkylation sites (N-methyl/N-ethyl adjacent to an activating group) is 1. The third kappa shape index (κ3) is 3.07. The molecule has 2 aliphatic rings. The summed E-state index contributed by atoms with van der Waals surface area (Å²) in [5, 5.41) is 0. The number of piperazine rings is 1. The van der Waals surface area contributed by atoms with E-state index in [4.69, 9.17) is 0 Å². The molecule has 0 radical (unpaired) electrons. The molecular formula is C15H24N4. The summed E-state index contributed by atoms with van der Waals surface area (Å²) in [7, 11) is 2.22. The Labute approximate surface area is 116 Å². The maximum Gasteiger partial charge on any atom is 0.0552 e. The van der Waals surface area contributed by atoms with Crippen molar-refractivity contribution in [1.29, 1.82) is 0 Å². The summed E-state index contributed by atoms with van der Waals surface area (Å²) < 4.78 is 0. The fourth-order valence-corrected chi connectivity index (χ4v) is 3.22. The van der Waals surface area contributed by atoms with E-state index in [1.54, 1.807) is 0 Å². The van der Waals surface area contributed by atoms with E-state index in [1.807, 2.05) is 18.5 Å². The van der Waals surface area contributed by atoms with Gasteiger partial charge in [0.25, 0.3) is 0 Å². The lowest BCUT2D eigenvalue weighted by atomic mass is 10.0. The van der Waals surface area contributed by atoms with Gasteiger partial charge in [-0.3, -0.25) is 9.88 Å². The predicted octanol–water partition coefficient (Wildman–Crippen LogP) is 1.30. The van der Waals surface area contributed by atoms with Crippen LogP contribution < -0.4 is 4.90 Å². The number of rotatable bonds is 2. The van der Waals surface area contributed by atoms with E-state index >= 15 is 0 Å². The molecule has 0 bridgehead atoms. The van der Waals surface area contributed by atoms with Crippen LogP contribution in [0.25, 0.3) is 0 Å². The van der Waals surface area contributed by atoms with Crippen LogP contribution in [0.2, 0.25) is 0 Å². The molecule has 1 aromatic rings. The molecule has 0 aromatic carbocycles. The van der Waals surface area contributed by atoms with E-state index in [0.717, 1.165) is 6.04 Å². The van der Waals surface area contributed by atoms with Crippen LogP contribution in [-0.4, -0.2) is 67.1 Å². The lowest BCUT2D eigenvalue weighted by Gasteiger charge is -2.42. The highest BCUT2D eigenvalue weighted by Gasteiger charge is 2.26. The molecule has 3 rings (SSSR count). The van der Waals surface area contributed by atoms with Gasteiger partial charge in [-0.1, -0.05) is 0 Å². The zero-order valence-electron chi connectivity index (χ0n) is 11.8. The van der Waals surface area contributed by atoms with Gasteiger partial charge in [-0.05, 0) is 32.0 Å². The van der Waals surface area contributed by atoms with Crippen molar-refractivity contribution in [2.45, 2.75) is 18.9 Å². The average molecular weight is 260 g/mol. The van der Waals surface area contributed by atoms with Crippen molar-refractivity contribution in [3.05, 3.63) is 24.5 Å². The van der Waals surface area contributed by atoms with Gasteiger partial charge < -0.3 is 9.80 Å². The second kappa shape index (κ2) is 5.88. The van der Waals surface area contributed by atoms with E-state index in [-0.39, 0.29) is 0 Å². The minimum absolute atomic E-state index is 0.793. The first kappa shape index (κ1) is 12.9. The van der Waals surface area contributed by atoms with E-state index in [2.05, 4.69) is 32.8 Å². The standard InChI is InChI=1S/C15H24N4/c1-17-9-11-19(12-10-17)14-4-7-18(8-5-14)15-3-2-6-16-13-15/h2-3,6,13-14H,4-5,7-12H2,1H3. The maximum absolute atomic E-state index is 4.22. The molecule has 0 amide bonds. The summed E-state index contributed by atoms with van der Waals surface area (Å²) in [6.07, 6.45) is 6.41. The maximum atomic E-state index is 4.22. The second-order valence-corrected chi connectivity index (χ2v) is 5.77. The van der Waals surface area contributed by atoms with Crippen molar-refractivity contribution < 1.29 is 0 Å². The lowest BCUT2D eigenvalue weighted by Crippen LogP contribution is -2.52. The summed E-state index contributed by atoms with van der Waals surface area (Å²) in [6.45, 7) is 7.28. The fraction of sp³-hybridized carbons (Fsp3) is 0.667. The Hall–Kier alpha value is -1.13. The highest BCUT2D eigenvalue weighted by molar-refractivity contribution is 5.43. The van der Waals surface area contributed by atoms with E-state index < -0.39 is 0 Å². The SMILES string of the molecule is CN1CCN(C2CCN(c3cccnc3)CC2)CC1. The third-order valence-corrected chi connectivity index (χ3v) is 4.53. The number of nitrogens with zero attached hydrogens (tertiary/aromatic N) is 4. The minimum Gasteiger partial charge on any atom is -0.370 e. The Morgan fingerprint density at radius 2 is 1.79 bits per heavy atom. The number of hydrogen-bond donors (Lipinski definition) is 0. The van der Waals surface area contributed by atoms with Crippen molar-refractivity contribution in [2.24, 2.45) is 0 Å². The normalized spacial score (nSPS) is 23.7. The van der Waals surface area contributed by atoms with Crippen LogP contribution in [0.3, 0.4) is 0 Å². The Balaban J connectivity index is 1.52. The first-order valence-electron chi connectivity index (χ1n) is 7.40. The Bertz CT molecular complexity index is 378. The molecule has 0 spiro atoms. The zero-order chi connectivity index (χ0) is 13.1. The van der Waals surface area contributed by atoms with Gasteiger partial charge in [0.2, 0.25) is 0 Å². The summed E-state index contributed by atoms with van der Waals surface area (Å²) in [5.41, 5.74) is 1.28. The number of piperidine rings is 1. The molecule has 0 aliphatic carbocycles. The highest BCUT2D eigenvalue weighted by atomic mass is 15.3. The van der Waals surface area contributed by atoms with Crippen LogP contribution in [0.15, 0.2) is 24.5 Å². The molecule has 19 heavy (non-hydrogen) atoms. The van der Waals surface area contributed by atoms with Crippen molar-refractivity contribution in [2.75, 3.05) is 51.2 Å². The van der Waals surface area contributed by atoms with Crippen LogP contribution in [0, 0.1) is 0 Å². The molecule has 1 aromatic heterocycles. The molecule has 104 valence electrons. The van der Waals surface area contributed by atoms with Gasteiger partial charge in [0, 0.05) is 51.5 Å². The number of anilines is 1. The summed E-state index contributed by atoms with van der Waals surface area (Å²) in [5.74, 6) is 0.